The molecule has 2 aromatic heterocycles. The van der Waals surface area contributed by atoms with Crippen LogP contribution in [0, 0.1) is 0 Å². The third-order valence-corrected chi connectivity index (χ3v) is 4.71. The van der Waals surface area contributed by atoms with Gasteiger partial charge in [-0.05, 0) is 54.3 Å². The smallest absolute Gasteiger partial charge is 0.130 e. The van der Waals surface area contributed by atoms with Crippen LogP contribution < -0.4 is 4.74 Å². The van der Waals surface area contributed by atoms with E-state index in [4.69, 9.17) is 4.74 Å². The first kappa shape index (κ1) is 18.1. The van der Waals surface area contributed by atoms with Crippen LogP contribution in [0.25, 0.3) is 10.9 Å². The number of ether oxygens (including phenoxy) is 1. The topological polar surface area (TPSA) is 55.2 Å². The molecule has 4 rings (SSSR count). The van der Waals surface area contributed by atoms with Crippen LogP contribution in [0.1, 0.15) is 29.3 Å². The molecule has 1 atom stereocenters. The molecule has 2 heterocycles. The standard InChI is InChI=1S/C24H22N2O2/c27-24(13-10-18-5-4-14-25-16-18)20-7-3-8-22(15-20)28-17-21-12-11-19-6-1-2-9-23(19)26-21/h1-9,11-12,14-16,24,27H,10,13,17H2. The van der Waals surface area contributed by atoms with Crippen molar-refractivity contribution >= 4 is 10.9 Å². The Balaban J connectivity index is 1.38. The minimum absolute atomic E-state index is 0.389. The van der Waals surface area contributed by atoms with Crippen LogP contribution in [0.3, 0.4) is 0 Å². The summed E-state index contributed by atoms with van der Waals surface area (Å²) < 4.78 is 5.91. The first-order chi connectivity index (χ1) is 13.8. The second kappa shape index (κ2) is 8.63. The minimum Gasteiger partial charge on any atom is -0.487 e. The first-order valence-corrected chi connectivity index (χ1v) is 9.42. The van der Waals surface area contributed by atoms with Crippen molar-refractivity contribution in [3.63, 3.8) is 0 Å². The molecule has 4 nitrogen and oxygen atoms in total. The molecule has 0 radical (unpaired) electrons. The van der Waals surface area contributed by atoms with Crippen LogP contribution >= 0.6 is 0 Å². The lowest BCUT2D eigenvalue weighted by molar-refractivity contribution is 0.167. The predicted octanol–water partition coefficient (Wildman–Crippen LogP) is 4.88. The van der Waals surface area contributed by atoms with E-state index in [1.165, 1.54) is 0 Å². The molecule has 0 aliphatic rings. The molecule has 2 aromatic carbocycles. The van der Waals surface area contributed by atoms with Gasteiger partial charge in [-0.15, -0.1) is 0 Å². The van der Waals surface area contributed by atoms with Gasteiger partial charge in [-0.25, -0.2) is 4.98 Å². The molecular formula is C24H22N2O2. The third kappa shape index (κ3) is 4.53. The van der Waals surface area contributed by atoms with E-state index in [0.29, 0.717) is 13.0 Å². The summed E-state index contributed by atoms with van der Waals surface area (Å²) in [5.74, 6) is 0.730. The maximum absolute atomic E-state index is 10.5. The van der Waals surface area contributed by atoms with Crippen molar-refractivity contribution in [2.75, 3.05) is 0 Å². The molecule has 0 saturated heterocycles. The monoisotopic (exact) mass is 370 g/mol. The number of hydrogen-bond acceptors (Lipinski definition) is 4. The fourth-order valence-electron chi connectivity index (χ4n) is 3.17. The van der Waals surface area contributed by atoms with E-state index in [1.807, 2.05) is 72.9 Å². The average molecular weight is 370 g/mol. The van der Waals surface area contributed by atoms with Crippen LogP contribution in [0.5, 0.6) is 5.75 Å². The number of hydrogen-bond donors (Lipinski definition) is 1. The summed E-state index contributed by atoms with van der Waals surface area (Å²) in [6.45, 7) is 0.389. The number of para-hydroxylation sites is 1. The number of aliphatic hydroxyl groups is 1. The fourth-order valence-corrected chi connectivity index (χ4v) is 3.17. The molecule has 0 aliphatic heterocycles. The number of aryl methyl sites for hydroxylation is 1. The third-order valence-electron chi connectivity index (χ3n) is 4.71. The Morgan fingerprint density at radius 2 is 1.86 bits per heavy atom. The largest absolute Gasteiger partial charge is 0.487 e. The molecule has 4 heteroatoms. The van der Waals surface area contributed by atoms with E-state index in [2.05, 4.69) is 16.0 Å². The Morgan fingerprint density at radius 1 is 0.929 bits per heavy atom. The van der Waals surface area contributed by atoms with Crippen LogP contribution in [0.4, 0.5) is 0 Å². The summed E-state index contributed by atoms with van der Waals surface area (Å²) in [4.78, 5) is 8.74. The summed E-state index contributed by atoms with van der Waals surface area (Å²) in [5.41, 5.74) is 3.81. The number of pyridine rings is 2. The Labute approximate surface area is 164 Å². The molecule has 0 aliphatic carbocycles. The molecule has 140 valence electrons. The molecule has 0 spiro atoms. The fraction of sp³-hybridized carbons (Fsp3) is 0.167. The van der Waals surface area contributed by atoms with Gasteiger partial charge in [0.15, 0.2) is 0 Å². The quantitative estimate of drug-likeness (QED) is 0.504. The number of aromatic nitrogens is 2. The molecule has 1 unspecified atom stereocenters. The summed E-state index contributed by atoms with van der Waals surface area (Å²) in [6, 6.07) is 23.6. The number of benzene rings is 2. The number of rotatable bonds is 7. The van der Waals surface area contributed by atoms with Gasteiger partial charge in [-0.2, -0.15) is 0 Å². The summed E-state index contributed by atoms with van der Waals surface area (Å²) in [6.07, 6.45) is 4.47. The van der Waals surface area contributed by atoms with Gasteiger partial charge in [0.25, 0.3) is 0 Å². The van der Waals surface area contributed by atoms with Crippen LogP contribution in [-0.4, -0.2) is 15.1 Å². The zero-order valence-electron chi connectivity index (χ0n) is 15.5. The molecule has 0 fully saturated rings. The molecule has 0 saturated carbocycles. The van der Waals surface area contributed by atoms with Gasteiger partial charge in [0.2, 0.25) is 0 Å². The summed E-state index contributed by atoms with van der Waals surface area (Å²) in [5, 5.41) is 11.6. The normalized spacial score (nSPS) is 12.0. The van der Waals surface area contributed by atoms with Crippen LogP contribution in [-0.2, 0) is 13.0 Å². The van der Waals surface area contributed by atoms with Crippen LogP contribution in [0.15, 0.2) is 85.2 Å². The summed E-state index contributed by atoms with van der Waals surface area (Å²) in [7, 11) is 0. The lowest BCUT2D eigenvalue weighted by Crippen LogP contribution is -2.02. The lowest BCUT2D eigenvalue weighted by Gasteiger charge is -2.13. The highest BCUT2D eigenvalue weighted by Gasteiger charge is 2.09. The van der Waals surface area contributed by atoms with E-state index >= 15 is 0 Å². The van der Waals surface area contributed by atoms with Crippen molar-refractivity contribution < 1.29 is 9.84 Å². The Kier molecular flexibility index (Phi) is 5.59. The Bertz CT molecular complexity index is 1050. The number of aliphatic hydroxyl groups excluding tert-OH is 1. The highest BCUT2D eigenvalue weighted by molar-refractivity contribution is 5.78. The average Bonchev–Trinajstić information content (AvgIpc) is 2.77. The van der Waals surface area contributed by atoms with Crippen molar-refractivity contribution in [1.82, 2.24) is 9.97 Å². The Morgan fingerprint density at radius 3 is 2.75 bits per heavy atom. The van der Waals surface area contributed by atoms with Crippen LogP contribution in [0.2, 0.25) is 0 Å². The number of fused-ring (bicyclic) bond motifs is 1. The molecule has 1 N–H and O–H groups in total. The second-order valence-corrected chi connectivity index (χ2v) is 6.77. The molecule has 28 heavy (non-hydrogen) atoms. The van der Waals surface area contributed by atoms with Gasteiger partial charge in [0.05, 0.1) is 17.3 Å². The van der Waals surface area contributed by atoms with E-state index in [1.54, 1.807) is 6.20 Å². The van der Waals surface area contributed by atoms with Crippen molar-refractivity contribution in [3.05, 3.63) is 102 Å². The van der Waals surface area contributed by atoms with Gasteiger partial charge >= 0.3 is 0 Å². The van der Waals surface area contributed by atoms with E-state index in [9.17, 15) is 5.11 Å². The first-order valence-electron chi connectivity index (χ1n) is 9.42. The van der Waals surface area contributed by atoms with Gasteiger partial charge < -0.3 is 9.84 Å². The van der Waals surface area contributed by atoms with Crippen molar-refractivity contribution in [1.29, 1.82) is 0 Å². The maximum atomic E-state index is 10.5. The summed E-state index contributed by atoms with van der Waals surface area (Å²) >= 11 is 0. The van der Waals surface area contributed by atoms with Gasteiger partial charge in [0, 0.05) is 17.8 Å². The zero-order valence-corrected chi connectivity index (χ0v) is 15.5. The van der Waals surface area contributed by atoms with E-state index in [0.717, 1.165) is 39.9 Å². The molecule has 4 aromatic rings. The maximum Gasteiger partial charge on any atom is 0.130 e. The minimum atomic E-state index is -0.539. The Hall–Kier alpha value is -3.24. The van der Waals surface area contributed by atoms with Gasteiger partial charge in [-0.3, -0.25) is 4.98 Å². The highest BCUT2D eigenvalue weighted by Crippen LogP contribution is 2.24. The van der Waals surface area contributed by atoms with Gasteiger partial charge in [0.1, 0.15) is 12.4 Å². The van der Waals surface area contributed by atoms with Crippen molar-refractivity contribution in [3.8, 4) is 5.75 Å². The zero-order chi connectivity index (χ0) is 19.2. The molecule has 0 bridgehead atoms. The van der Waals surface area contributed by atoms with E-state index < -0.39 is 6.10 Å². The van der Waals surface area contributed by atoms with Gasteiger partial charge in [-0.1, -0.05) is 42.5 Å². The number of nitrogens with zero attached hydrogens (tertiary/aromatic N) is 2. The lowest BCUT2D eigenvalue weighted by atomic mass is 10.0. The van der Waals surface area contributed by atoms with Crippen molar-refractivity contribution in [2.24, 2.45) is 0 Å². The van der Waals surface area contributed by atoms with Crippen molar-refractivity contribution in [2.45, 2.75) is 25.6 Å². The van der Waals surface area contributed by atoms with E-state index in [-0.39, 0.29) is 0 Å². The molecular weight excluding hydrogens is 348 g/mol. The highest BCUT2D eigenvalue weighted by atomic mass is 16.5. The molecule has 0 amide bonds. The second-order valence-electron chi connectivity index (χ2n) is 6.77. The SMILES string of the molecule is OC(CCc1cccnc1)c1cccc(OCc2ccc3ccccc3n2)c1. The predicted molar refractivity (Wildman–Crippen MR) is 110 cm³/mol.